The number of carbonyl (C=O) groups is 1. The minimum Gasteiger partial charge on any atom is -0.352 e. The van der Waals surface area contributed by atoms with Gasteiger partial charge in [0, 0.05) is 26.1 Å². The molecule has 0 saturated carbocycles. The van der Waals surface area contributed by atoms with Gasteiger partial charge < -0.3 is 10.3 Å². The fourth-order valence-corrected chi connectivity index (χ4v) is 3.78. The summed E-state index contributed by atoms with van der Waals surface area (Å²) in [6.45, 7) is 13.0. The number of aryl methyl sites for hydroxylation is 2. The molecular weight excluding hydrogens is 300 g/mol. The maximum atomic E-state index is 11.5. The number of hydrogen-bond donors (Lipinski definition) is 2. The van der Waals surface area contributed by atoms with Crippen LogP contribution in [0.4, 0.5) is 0 Å². The zero-order valence-electron chi connectivity index (χ0n) is 15.3. The van der Waals surface area contributed by atoms with Gasteiger partial charge in [-0.3, -0.25) is 9.69 Å². The standard InChI is InChI=1S/C19H28N4O/c1-11(2)15-8-23(9-17(15)20-14(5)24)10-18-21-16-7-6-12(3)13(4)19(16)22-18/h6-7,11,15,17H,8-10H2,1-5H3,(H,20,24)(H,21,22)/t15-,17+/m0/s1. The third-order valence-electron chi connectivity index (χ3n) is 5.29. The molecular formula is C19H28N4O. The molecule has 1 aliphatic heterocycles. The van der Waals surface area contributed by atoms with E-state index in [0.29, 0.717) is 11.8 Å². The molecule has 2 atom stereocenters. The number of H-pyrrole nitrogens is 1. The summed E-state index contributed by atoms with van der Waals surface area (Å²) in [6, 6.07) is 4.47. The lowest BCUT2D eigenvalue weighted by molar-refractivity contribution is -0.119. The predicted octanol–water partition coefficient (Wildman–Crippen LogP) is 2.77. The number of aromatic amines is 1. The van der Waals surface area contributed by atoms with Gasteiger partial charge in [0.1, 0.15) is 5.82 Å². The largest absolute Gasteiger partial charge is 0.352 e. The fraction of sp³-hybridized carbons (Fsp3) is 0.579. The van der Waals surface area contributed by atoms with Crippen LogP contribution in [0.1, 0.15) is 37.7 Å². The number of amides is 1. The van der Waals surface area contributed by atoms with Crippen LogP contribution in [0.25, 0.3) is 11.0 Å². The van der Waals surface area contributed by atoms with Crippen LogP contribution in [0.2, 0.25) is 0 Å². The molecule has 2 N–H and O–H groups in total. The van der Waals surface area contributed by atoms with E-state index in [0.717, 1.165) is 36.5 Å². The highest BCUT2D eigenvalue weighted by Gasteiger charge is 2.35. The SMILES string of the molecule is CC(=O)N[C@@H]1CN(Cc2nc3c(C)c(C)ccc3[nH]2)C[C@H]1C(C)C. The zero-order chi connectivity index (χ0) is 17.4. The molecule has 0 radical (unpaired) electrons. The Morgan fingerprint density at radius 2 is 2.12 bits per heavy atom. The van der Waals surface area contributed by atoms with Gasteiger partial charge in [0.15, 0.2) is 0 Å². The van der Waals surface area contributed by atoms with Crippen LogP contribution in [0.3, 0.4) is 0 Å². The van der Waals surface area contributed by atoms with Crippen molar-refractivity contribution in [2.24, 2.45) is 11.8 Å². The first-order chi connectivity index (χ1) is 11.3. The topological polar surface area (TPSA) is 61.0 Å². The molecule has 0 aliphatic carbocycles. The van der Waals surface area contributed by atoms with Crippen molar-refractivity contribution in [3.05, 3.63) is 29.1 Å². The van der Waals surface area contributed by atoms with Crippen LogP contribution in [-0.4, -0.2) is 39.9 Å². The number of aromatic nitrogens is 2. The quantitative estimate of drug-likeness (QED) is 0.907. The molecule has 5 nitrogen and oxygen atoms in total. The second-order valence-corrected chi connectivity index (χ2v) is 7.50. The molecule has 0 bridgehead atoms. The van der Waals surface area contributed by atoms with Crippen LogP contribution < -0.4 is 5.32 Å². The Kier molecular flexibility index (Phi) is 4.63. The van der Waals surface area contributed by atoms with Crippen molar-refractivity contribution in [3.63, 3.8) is 0 Å². The molecule has 1 fully saturated rings. The van der Waals surface area contributed by atoms with Gasteiger partial charge in [0.25, 0.3) is 0 Å². The average molecular weight is 328 g/mol. The first-order valence-corrected chi connectivity index (χ1v) is 8.79. The van der Waals surface area contributed by atoms with Crippen molar-refractivity contribution in [1.29, 1.82) is 0 Å². The van der Waals surface area contributed by atoms with E-state index in [-0.39, 0.29) is 11.9 Å². The number of likely N-dealkylation sites (tertiary alicyclic amines) is 1. The first-order valence-electron chi connectivity index (χ1n) is 8.79. The Hall–Kier alpha value is -1.88. The van der Waals surface area contributed by atoms with Crippen LogP contribution in [0.15, 0.2) is 12.1 Å². The Labute approximate surface area is 143 Å². The average Bonchev–Trinajstić information content (AvgIpc) is 3.07. The van der Waals surface area contributed by atoms with E-state index in [1.165, 1.54) is 11.1 Å². The summed E-state index contributed by atoms with van der Waals surface area (Å²) in [4.78, 5) is 22.1. The van der Waals surface area contributed by atoms with Gasteiger partial charge in [0.05, 0.1) is 17.6 Å². The number of carbonyl (C=O) groups excluding carboxylic acids is 1. The maximum absolute atomic E-state index is 11.5. The van der Waals surface area contributed by atoms with Gasteiger partial charge >= 0.3 is 0 Å². The summed E-state index contributed by atoms with van der Waals surface area (Å²) >= 11 is 0. The van der Waals surface area contributed by atoms with E-state index in [1.54, 1.807) is 6.92 Å². The van der Waals surface area contributed by atoms with Gasteiger partial charge in [0.2, 0.25) is 5.91 Å². The number of hydrogen-bond acceptors (Lipinski definition) is 3. The molecule has 2 heterocycles. The van der Waals surface area contributed by atoms with Gasteiger partial charge in [-0.05, 0) is 42.9 Å². The second-order valence-electron chi connectivity index (χ2n) is 7.50. The van der Waals surface area contributed by atoms with E-state index in [2.05, 4.69) is 55.0 Å². The molecule has 1 aromatic heterocycles. The Morgan fingerprint density at radius 1 is 1.38 bits per heavy atom. The Bertz CT molecular complexity index is 749. The third kappa shape index (κ3) is 3.31. The number of fused-ring (bicyclic) bond motifs is 1. The van der Waals surface area contributed by atoms with Crippen LogP contribution in [-0.2, 0) is 11.3 Å². The number of nitrogens with zero attached hydrogens (tertiary/aromatic N) is 2. The Morgan fingerprint density at radius 3 is 2.79 bits per heavy atom. The summed E-state index contributed by atoms with van der Waals surface area (Å²) in [7, 11) is 0. The smallest absolute Gasteiger partial charge is 0.217 e. The molecule has 1 aliphatic rings. The summed E-state index contributed by atoms with van der Waals surface area (Å²) in [5, 5.41) is 3.12. The molecule has 0 unspecified atom stereocenters. The van der Waals surface area contributed by atoms with Gasteiger partial charge in [-0.25, -0.2) is 4.98 Å². The highest BCUT2D eigenvalue weighted by Crippen LogP contribution is 2.26. The third-order valence-corrected chi connectivity index (χ3v) is 5.29. The van der Waals surface area contributed by atoms with E-state index < -0.39 is 0 Å². The normalized spacial score (nSPS) is 21.8. The minimum atomic E-state index is 0.0577. The van der Waals surface area contributed by atoms with Crippen LogP contribution in [0, 0.1) is 25.7 Å². The van der Waals surface area contributed by atoms with Gasteiger partial charge in [-0.2, -0.15) is 0 Å². The second kappa shape index (κ2) is 6.55. The van der Waals surface area contributed by atoms with Crippen molar-refractivity contribution in [2.45, 2.75) is 47.2 Å². The van der Waals surface area contributed by atoms with Gasteiger partial charge in [-0.1, -0.05) is 19.9 Å². The molecule has 5 heteroatoms. The zero-order valence-corrected chi connectivity index (χ0v) is 15.3. The molecule has 0 spiro atoms. The minimum absolute atomic E-state index is 0.0577. The highest BCUT2D eigenvalue weighted by molar-refractivity contribution is 5.79. The van der Waals surface area contributed by atoms with Crippen molar-refractivity contribution in [1.82, 2.24) is 20.2 Å². The monoisotopic (exact) mass is 328 g/mol. The molecule has 130 valence electrons. The predicted molar refractivity (Wildman–Crippen MR) is 96.8 cm³/mol. The summed E-state index contributed by atoms with van der Waals surface area (Å²) in [5.74, 6) is 2.10. The Balaban J connectivity index is 1.76. The lowest BCUT2D eigenvalue weighted by Gasteiger charge is -2.22. The summed E-state index contributed by atoms with van der Waals surface area (Å²) in [6.07, 6.45) is 0. The number of benzene rings is 1. The molecule has 24 heavy (non-hydrogen) atoms. The molecule has 1 saturated heterocycles. The highest BCUT2D eigenvalue weighted by atomic mass is 16.1. The van der Waals surface area contributed by atoms with Crippen LogP contribution >= 0.6 is 0 Å². The number of imidazole rings is 1. The number of nitrogens with one attached hydrogen (secondary N) is 2. The molecule has 1 aromatic carbocycles. The lowest BCUT2D eigenvalue weighted by atomic mass is 9.91. The fourth-order valence-electron chi connectivity index (χ4n) is 3.78. The van der Waals surface area contributed by atoms with Crippen molar-refractivity contribution >= 4 is 16.9 Å². The van der Waals surface area contributed by atoms with E-state index >= 15 is 0 Å². The van der Waals surface area contributed by atoms with E-state index in [1.807, 2.05) is 0 Å². The molecule has 3 rings (SSSR count). The maximum Gasteiger partial charge on any atom is 0.217 e. The van der Waals surface area contributed by atoms with E-state index in [4.69, 9.17) is 4.98 Å². The van der Waals surface area contributed by atoms with Crippen LogP contribution in [0.5, 0.6) is 0 Å². The molecule has 2 aromatic rings. The summed E-state index contributed by atoms with van der Waals surface area (Å²) in [5.41, 5.74) is 4.69. The van der Waals surface area contributed by atoms with Gasteiger partial charge in [-0.15, -0.1) is 0 Å². The van der Waals surface area contributed by atoms with Crippen molar-refractivity contribution < 1.29 is 4.79 Å². The van der Waals surface area contributed by atoms with Crippen molar-refractivity contribution in [3.8, 4) is 0 Å². The summed E-state index contributed by atoms with van der Waals surface area (Å²) < 4.78 is 0. The lowest BCUT2D eigenvalue weighted by Crippen LogP contribution is -2.40. The first kappa shape index (κ1) is 17.0. The number of rotatable bonds is 4. The van der Waals surface area contributed by atoms with E-state index in [9.17, 15) is 4.79 Å². The molecule has 1 amide bonds. The van der Waals surface area contributed by atoms with Crippen molar-refractivity contribution in [2.75, 3.05) is 13.1 Å².